The summed E-state index contributed by atoms with van der Waals surface area (Å²) in [5.74, 6) is 0. The first-order valence-electron chi connectivity index (χ1n) is 6.07. The minimum Gasteiger partial charge on any atom is -0.389 e. The Balaban J connectivity index is 0.000000771. The number of hydrogen-bond acceptors (Lipinski definition) is 3. The molecule has 0 fully saturated rings. The van der Waals surface area contributed by atoms with Crippen LogP contribution in [0.4, 0.5) is 0 Å². The van der Waals surface area contributed by atoms with Crippen LogP contribution in [0.5, 0.6) is 0 Å². The maximum absolute atomic E-state index is 9.81. The van der Waals surface area contributed by atoms with Crippen LogP contribution >= 0.6 is 11.6 Å². The number of aryl methyl sites for hydroxylation is 1. The highest BCUT2D eigenvalue weighted by atomic mass is 35.5. The Morgan fingerprint density at radius 1 is 1.33 bits per heavy atom. The lowest BCUT2D eigenvalue weighted by Gasteiger charge is -2.18. The molecule has 5 heteroatoms. The van der Waals surface area contributed by atoms with Gasteiger partial charge in [0.15, 0.2) is 0 Å². The number of hydrogen-bond donors (Lipinski definition) is 1. The third kappa shape index (κ3) is 3.21. The van der Waals surface area contributed by atoms with Gasteiger partial charge in [-0.25, -0.2) is 9.97 Å². The van der Waals surface area contributed by atoms with Crippen LogP contribution in [-0.2, 0) is 6.54 Å². The quantitative estimate of drug-likeness (QED) is 0.852. The van der Waals surface area contributed by atoms with Crippen molar-refractivity contribution in [2.24, 2.45) is 0 Å². The van der Waals surface area contributed by atoms with Crippen LogP contribution in [0.25, 0.3) is 11.0 Å². The van der Waals surface area contributed by atoms with Crippen LogP contribution in [0, 0.1) is 6.92 Å². The number of aromatic nitrogens is 3. The molecule has 2 rings (SSSR count). The Kier molecular flexibility index (Phi) is 4.71. The molecule has 0 radical (unpaired) electrons. The monoisotopic (exact) mass is 269 g/mol. The molecule has 0 aliphatic carbocycles. The van der Waals surface area contributed by atoms with Gasteiger partial charge in [0, 0.05) is 6.20 Å². The third-order valence-corrected chi connectivity index (χ3v) is 2.64. The molecule has 18 heavy (non-hydrogen) atoms. The van der Waals surface area contributed by atoms with E-state index in [4.69, 9.17) is 11.6 Å². The van der Waals surface area contributed by atoms with Gasteiger partial charge < -0.3 is 9.67 Å². The second-order valence-corrected chi connectivity index (χ2v) is 4.97. The summed E-state index contributed by atoms with van der Waals surface area (Å²) in [6.45, 7) is 9.96. The summed E-state index contributed by atoms with van der Waals surface area (Å²) in [6.07, 6.45) is 3.37. The zero-order chi connectivity index (χ0) is 13.9. The van der Waals surface area contributed by atoms with Gasteiger partial charge in [-0.05, 0) is 26.3 Å². The molecule has 0 aliphatic heterocycles. The molecule has 4 nitrogen and oxygen atoms in total. The van der Waals surface area contributed by atoms with E-state index >= 15 is 0 Å². The van der Waals surface area contributed by atoms with Gasteiger partial charge in [0.1, 0.15) is 17.1 Å². The Hall–Kier alpha value is -1.13. The van der Waals surface area contributed by atoms with Crippen LogP contribution in [0.3, 0.4) is 0 Å². The van der Waals surface area contributed by atoms with Crippen molar-refractivity contribution < 1.29 is 5.11 Å². The van der Waals surface area contributed by atoms with Crippen molar-refractivity contribution in [1.82, 2.24) is 14.5 Å². The summed E-state index contributed by atoms with van der Waals surface area (Å²) >= 11 is 6.02. The van der Waals surface area contributed by atoms with E-state index in [2.05, 4.69) is 9.97 Å². The summed E-state index contributed by atoms with van der Waals surface area (Å²) in [5, 5.41) is 11.1. The maximum Gasteiger partial charge on any atom is 0.145 e. The van der Waals surface area contributed by atoms with E-state index in [1.807, 2.05) is 31.5 Å². The lowest BCUT2D eigenvalue weighted by atomic mass is 10.1. The van der Waals surface area contributed by atoms with E-state index in [0.717, 1.165) is 16.6 Å². The summed E-state index contributed by atoms with van der Waals surface area (Å²) in [6, 6.07) is 0. The summed E-state index contributed by atoms with van der Waals surface area (Å²) in [4.78, 5) is 8.16. The van der Waals surface area contributed by atoms with Crippen molar-refractivity contribution in [1.29, 1.82) is 0 Å². The fourth-order valence-electron chi connectivity index (χ4n) is 1.81. The molecule has 2 aromatic heterocycles. The largest absolute Gasteiger partial charge is 0.389 e. The highest BCUT2D eigenvalue weighted by molar-refractivity contribution is 6.34. The minimum atomic E-state index is -0.782. The molecular weight excluding hydrogens is 250 g/mol. The number of fused-ring (bicyclic) bond motifs is 1. The van der Waals surface area contributed by atoms with Gasteiger partial charge in [-0.1, -0.05) is 25.4 Å². The fourth-order valence-corrected chi connectivity index (χ4v) is 2.09. The van der Waals surface area contributed by atoms with E-state index < -0.39 is 5.60 Å². The van der Waals surface area contributed by atoms with Crippen molar-refractivity contribution in [2.75, 3.05) is 0 Å². The van der Waals surface area contributed by atoms with Crippen molar-refractivity contribution in [3.05, 3.63) is 23.2 Å². The molecule has 0 saturated carbocycles. The smallest absolute Gasteiger partial charge is 0.145 e. The Morgan fingerprint density at radius 3 is 2.50 bits per heavy atom. The molecule has 1 N–H and O–H groups in total. The van der Waals surface area contributed by atoms with Gasteiger partial charge in [0.25, 0.3) is 0 Å². The SMILES string of the molecule is CC.Cc1cn(CC(C)(C)O)c2ncnc(Cl)c12. The van der Waals surface area contributed by atoms with E-state index in [9.17, 15) is 5.11 Å². The van der Waals surface area contributed by atoms with Crippen molar-refractivity contribution in [3.63, 3.8) is 0 Å². The standard InChI is InChI=1S/C11H14ClN3O.C2H6/c1-7-4-15(5-11(2,3)16)10-8(7)9(12)13-6-14-10;1-2/h4,6,16H,5H2,1-3H3;1-2H3. The predicted octanol–water partition coefficient (Wildman–Crippen LogP) is 3.19. The Labute approximate surface area is 113 Å². The zero-order valence-electron chi connectivity index (χ0n) is 11.5. The zero-order valence-corrected chi connectivity index (χ0v) is 12.3. The molecule has 0 spiro atoms. The topological polar surface area (TPSA) is 50.9 Å². The molecule has 100 valence electrons. The highest BCUT2D eigenvalue weighted by Gasteiger charge is 2.17. The Morgan fingerprint density at radius 2 is 1.94 bits per heavy atom. The fraction of sp³-hybridized carbons (Fsp3) is 0.538. The number of halogens is 1. The van der Waals surface area contributed by atoms with Gasteiger partial charge in [0.2, 0.25) is 0 Å². The lowest BCUT2D eigenvalue weighted by molar-refractivity contribution is 0.0626. The minimum absolute atomic E-state index is 0.456. The first-order chi connectivity index (χ1) is 8.38. The van der Waals surface area contributed by atoms with Gasteiger partial charge in [-0.3, -0.25) is 0 Å². The molecule has 0 saturated heterocycles. The van der Waals surface area contributed by atoms with Crippen molar-refractivity contribution >= 4 is 22.6 Å². The number of rotatable bonds is 2. The summed E-state index contributed by atoms with van der Waals surface area (Å²) < 4.78 is 1.90. The van der Waals surface area contributed by atoms with Gasteiger partial charge >= 0.3 is 0 Å². The Bertz CT molecular complexity index is 529. The average molecular weight is 270 g/mol. The third-order valence-electron chi connectivity index (χ3n) is 2.35. The molecule has 2 aromatic rings. The van der Waals surface area contributed by atoms with Crippen LogP contribution in [0.1, 0.15) is 33.3 Å². The average Bonchev–Trinajstić information content (AvgIpc) is 2.57. The van der Waals surface area contributed by atoms with Crippen molar-refractivity contribution in [3.8, 4) is 0 Å². The normalized spacial score (nSPS) is 11.3. The molecule has 0 aliphatic rings. The van der Waals surface area contributed by atoms with Crippen LogP contribution in [0.2, 0.25) is 5.15 Å². The van der Waals surface area contributed by atoms with Crippen LogP contribution in [0.15, 0.2) is 12.5 Å². The summed E-state index contributed by atoms with van der Waals surface area (Å²) in [7, 11) is 0. The van der Waals surface area contributed by atoms with Crippen molar-refractivity contribution in [2.45, 2.75) is 46.8 Å². The van der Waals surface area contributed by atoms with Crippen LogP contribution < -0.4 is 0 Å². The van der Waals surface area contributed by atoms with Gasteiger partial charge in [-0.2, -0.15) is 0 Å². The number of nitrogens with zero attached hydrogens (tertiary/aromatic N) is 3. The second kappa shape index (κ2) is 5.67. The number of aliphatic hydroxyl groups is 1. The van der Waals surface area contributed by atoms with Gasteiger partial charge in [0.05, 0.1) is 17.5 Å². The van der Waals surface area contributed by atoms with Gasteiger partial charge in [-0.15, -0.1) is 0 Å². The molecule has 0 atom stereocenters. The highest BCUT2D eigenvalue weighted by Crippen LogP contribution is 2.25. The van der Waals surface area contributed by atoms with E-state index in [1.54, 1.807) is 13.8 Å². The molecule has 2 heterocycles. The second-order valence-electron chi connectivity index (χ2n) is 4.62. The first kappa shape index (κ1) is 14.9. The lowest BCUT2D eigenvalue weighted by Crippen LogP contribution is -2.25. The first-order valence-corrected chi connectivity index (χ1v) is 6.44. The molecule has 0 amide bonds. The van der Waals surface area contributed by atoms with E-state index in [-0.39, 0.29) is 0 Å². The molecular formula is C13H20ClN3O. The predicted molar refractivity (Wildman–Crippen MR) is 74.9 cm³/mol. The van der Waals surface area contributed by atoms with E-state index in [1.165, 1.54) is 6.33 Å². The van der Waals surface area contributed by atoms with E-state index in [0.29, 0.717) is 11.7 Å². The molecule has 0 bridgehead atoms. The maximum atomic E-state index is 9.81. The molecule has 0 aromatic carbocycles. The summed E-state index contributed by atoms with van der Waals surface area (Å²) in [5.41, 5.74) is 1.000. The molecule has 0 unspecified atom stereocenters. The van der Waals surface area contributed by atoms with Crippen LogP contribution in [-0.4, -0.2) is 25.2 Å².